The van der Waals surface area contributed by atoms with Crippen LogP contribution in [0.5, 0.6) is 0 Å². The maximum absolute atomic E-state index is 11.5. The molecule has 1 rings (SSSR count). The largest absolute Gasteiger partial charge is 0.481 e. The van der Waals surface area contributed by atoms with E-state index in [1.165, 1.54) is 4.90 Å². The third-order valence-corrected chi connectivity index (χ3v) is 2.39. The molecule has 0 unspecified atom stereocenters. The second kappa shape index (κ2) is 4.82. The minimum absolute atomic E-state index is 0.152. The molecule has 0 bridgehead atoms. The molecule has 0 spiro atoms. The summed E-state index contributed by atoms with van der Waals surface area (Å²) in [5.74, 6) is -2.61. The number of aliphatic carboxylic acids is 2. The van der Waals surface area contributed by atoms with Crippen LogP contribution < -0.4 is 5.32 Å². The van der Waals surface area contributed by atoms with Gasteiger partial charge in [0.1, 0.15) is 6.04 Å². The molecule has 0 aliphatic heterocycles. The smallest absolute Gasteiger partial charge is 0.326 e. The number of urea groups is 1. The Morgan fingerprint density at radius 3 is 2.31 bits per heavy atom. The van der Waals surface area contributed by atoms with Gasteiger partial charge in [-0.15, -0.1) is 0 Å². The van der Waals surface area contributed by atoms with Crippen LogP contribution in [0.3, 0.4) is 0 Å². The van der Waals surface area contributed by atoms with Crippen molar-refractivity contribution >= 4 is 18.0 Å². The van der Waals surface area contributed by atoms with Crippen LogP contribution in [0.4, 0.5) is 4.79 Å². The fraction of sp³-hybridized carbons (Fsp3) is 0.667. The standard InChI is InChI=1S/C9H14N2O5/c1-11(5-2-3-5)9(16)10-6(8(14)15)4-7(12)13/h5-6H,2-4H2,1H3,(H,10,16)(H,12,13)(H,14,15)/t6-/m1/s1. The van der Waals surface area contributed by atoms with Crippen molar-refractivity contribution < 1.29 is 24.6 Å². The first-order chi connectivity index (χ1) is 7.41. The van der Waals surface area contributed by atoms with Gasteiger partial charge >= 0.3 is 18.0 Å². The normalized spacial score (nSPS) is 16.3. The molecule has 1 aliphatic rings. The molecular formula is C9H14N2O5. The molecule has 0 aromatic carbocycles. The average molecular weight is 230 g/mol. The molecule has 0 heterocycles. The molecule has 0 aromatic rings. The molecule has 3 N–H and O–H groups in total. The first-order valence-corrected chi connectivity index (χ1v) is 4.89. The summed E-state index contributed by atoms with van der Waals surface area (Å²) >= 11 is 0. The minimum atomic E-state index is -1.38. The number of carbonyl (C=O) groups is 3. The van der Waals surface area contributed by atoms with E-state index in [4.69, 9.17) is 10.2 Å². The molecule has 1 atom stereocenters. The molecule has 7 nitrogen and oxygen atoms in total. The van der Waals surface area contributed by atoms with E-state index in [0.29, 0.717) is 0 Å². The van der Waals surface area contributed by atoms with Crippen LogP contribution in [-0.4, -0.2) is 52.2 Å². The van der Waals surface area contributed by atoms with Crippen LogP contribution in [-0.2, 0) is 9.59 Å². The lowest BCUT2D eigenvalue weighted by Crippen LogP contribution is -2.48. The van der Waals surface area contributed by atoms with Gasteiger partial charge in [0.2, 0.25) is 0 Å². The summed E-state index contributed by atoms with van der Waals surface area (Å²) < 4.78 is 0. The van der Waals surface area contributed by atoms with Gasteiger partial charge in [-0.25, -0.2) is 9.59 Å². The van der Waals surface area contributed by atoms with Crippen molar-refractivity contribution in [1.82, 2.24) is 10.2 Å². The van der Waals surface area contributed by atoms with Crippen LogP contribution in [0.2, 0.25) is 0 Å². The molecule has 1 saturated carbocycles. The number of nitrogens with one attached hydrogen (secondary N) is 1. The van der Waals surface area contributed by atoms with Crippen molar-refractivity contribution in [3.63, 3.8) is 0 Å². The van der Waals surface area contributed by atoms with E-state index in [9.17, 15) is 14.4 Å². The molecule has 1 fully saturated rings. The van der Waals surface area contributed by atoms with Gasteiger partial charge in [-0.05, 0) is 12.8 Å². The third kappa shape index (κ3) is 3.41. The molecule has 0 radical (unpaired) electrons. The first-order valence-electron chi connectivity index (χ1n) is 4.89. The lowest BCUT2D eigenvalue weighted by Gasteiger charge is -2.20. The Labute approximate surface area is 92.0 Å². The summed E-state index contributed by atoms with van der Waals surface area (Å²) in [6.07, 6.45) is 1.18. The number of amides is 2. The highest BCUT2D eigenvalue weighted by Crippen LogP contribution is 2.25. The predicted octanol–water partition coefficient (Wildman–Crippen LogP) is -0.282. The number of nitrogens with zero attached hydrogens (tertiary/aromatic N) is 1. The quantitative estimate of drug-likeness (QED) is 0.602. The van der Waals surface area contributed by atoms with Crippen LogP contribution in [0.25, 0.3) is 0 Å². The molecule has 7 heteroatoms. The van der Waals surface area contributed by atoms with E-state index in [-0.39, 0.29) is 6.04 Å². The summed E-state index contributed by atoms with van der Waals surface area (Å²) in [6, 6.07) is -1.78. The first kappa shape index (κ1) is 12.3. The van der Waals surface area contributed by atoms with Crippen LogP contribution >= 0.6 is 0 Å². The van der Waals surface area contributed by atoms with Gasteiger partial charge in [0.15, 0.2) is 0 Å². The van der Waals surface area contributed by atoms with Gasteiger partial charge in [0, 0.05) is 13.1 Å². The Hall–Kier alpha value is -1.79. The zero-order valence-electron chi connectivity index (χ0n) is 8.84. The maximum atomic E-state index is 11.5. The van der Waals surface area contributed by atoms with Crippen molar-refractivity contribution in [2.45, 2.75) is 31.3 Å². The highest BCUT2D eigenvalue weighted by molar-refractivity contribution is 5.86. The average Bonchev–Trinajstić information content (AvgIpc) is 2.97. The Kier molecular flexibility index (Phi) is 3.70. The summed E-state index contributed by atoms with van der Waals surface area (Å²) in [5, 5.41) is 19.4. The predicted molar refractivity (Wildman–Crippen MR) is 53.0 cm³/mol. The number of carboxylic acids is 2. The number of carboxylic acid groups (broad SMARTS) is 2. The van der Waals surface area contributed by atoms with Crippen molar-refractivity contribution in [2.24, 2.45) is 0 Å². The van der Waals surface area contributed by atoms with E-state index in [1.54, 1.807) is 7.05 Å². The van der Waals surface area contributed by atoms with Crippen molar-refractivity contribution in [1.29, 1.82) is 0 Å². The SMILES string of the molecule is CN(C(=O)N[C@H](CC(=O)O)C(=O)O)C1CC1. The Morgan fingerprint density at radius 2 is 1.94 bits per heavy atom. The molecular weight excluding hydrogens is 216 g/mol. The Morgan fingerprint density at radius 1 is 1.38 bits per heavy atom. The summed E-state index contributed by atoms with van der Waals surface area (Å²) in [4.78, 5) is 33.9. The van der Waals surface area contributed by atoms with E-state index < -0.39 is 30.4 Å². The van der Waals surface area contributed by atoms with Gasteiger partial charge in [0.25, 0.3) is 0 Å². The summed E-state index contributed by atoms with van der Waals surface area (Å²) in [6.45, 7) is 0. The summed E-state index contributed by atoms with van der Waals surface area (Å²) in [7, 11) is 1.56. The zero-order chi connectivity index (χ0) is 12.3. The second-order valence-electron chi connectivity index (χ2n) is 3.78. The molecule has 0 aromatic heterocycles. The maximum Gasteiger partial charge on any atom is 0.326 e. The molecule has 16 heavy (non-hydrogen) atoms. The number of rotatable bonds is 5. The molecule has 1 aliphatic carbocycles. The molecule has 0 saturated heterocycles. The van der Waals surface area contributed by atoms with E-state index in [0.717, 1.165) is 12.8 Å². The zero-order valence-corrected chi connectivity index (χ0v) is 8.84. The van der Waals surface area contributed by atoms with Crippen molar-refractivity contribution in [3.8, 4) is 0 Å². The number of carbonyl (C=O) groups excluding carboxylic acids is 1. The Balaban J connectivity index is 2.49. The van der Waals surface area contributed by atoms with E-state index in [2.05, 4.69) is 5.32 Å². The van der Waals surface area contributed by atoms with Gasteiger partial charge in [-0.1, -0.05) is 0 Å². The van der Waals surface area contributed by atoms with Crippen LogP contribution in [0.1, 0.15) is 19.3 Å². The van der Waals surface area contributed by atoms with Crippen LogP contribution in [0, 0.1) is 0 Å². The minimum Gasteiger partial charge on any atom is -0.481 e. The molecule has 2 amide bonds. The van der Waals surface area contributed by atoms with E-state index >= 15 is 0 Å². The van der Waals surface area contributed by atoms with E-state index in [1.807, 2.05) is 0 Å². The lowest BCUT2D eigenvalue weighted by atomic mass is 10.2. The second-order valence-corrected chi connectivity index (χ2v) is 3.78. The van der Waals surface area contributed by atoms with Gasteiger partial charge in [0.05, 0.1) is 6.42 Å². The molecule has 90 valence electrons. The van der Waals surface area contributed by atoms with Gasteiger partial charge in [-0.2, -0.15) is 0 Å². The summed E-state index contributed by atoms with van der Waals surface area (Å²) in [5.41, 5.74) is 0. The van der Waals surface area contributed by atoms with Gasteiger partial charge < -0.3 is 20.4 Å². The fourth-order valence-electron chi connectivity index (χ4n) is 1.25. The monoisotopic (exact) mass is 230 g/mol. The van der Waals surface area contributed by atoms with Crippen molar-refractivity contribution in [2.75, 3.05) is 7.05 Å². The van der Waals surface area contributed by atoms with Crippen molar-refractivity contribution in [3.05, 3.63) is 0 Å². The third-order valence-electron chi connectivity index (χ3n) is 2.39. The number of hydrogen-bond donors (Lipinski definition) is 3. The fourth-order valence-corrected chi connectivity index (χ4v) is 1.25. The number of hydrogen-bond acceptors (Lipinski definition) is 3. The Bertz CT molecular complexity index is 313. The van der Waals surface area contributed by atoms with Gasteiger partial charge in [-0.3, -0.25) is 4.79 Å². The lowest BCUT2D eigenvalue weighted by molar-refractivity contribution is -0.145. The topological polar surface area (TPSA) is 107 Å². The highest BCUT2D eigenvalue weighted by Gasteiger charge is 2.32. The highest BCUT2D eigenvalue weighted by atomic mass is 16.4. The van der Waals surface area contributed by atoms with Crippen LogP contribution in [0.15, 0.2) is 0 Å².